The Kier molecular flexibility index (Phi) is 8.54. The first-order valence-electron chi connectivity index (χ1n) is 16.7. The average molecular weight is 706 g/mol. The van der Waals surface area contributed by atoms with Crippen LogP contribution in [0.15, 0.2) is 91.4 Å². The van der Waals surface area contributed by atoms with Crippen molar-refractivity contribution in [2.24, 2.45) is 5.92 Å². The van der Waals surface area contributed by atoms with Crippen molar-refractivity contribution in [2.75, 3.05) is 25.0 Å². The third-order valence-electron chi connectivity index (χ3n) is 9.80. The van der Waals surface area contributed by atoms with Crippen LogP contribution < -0.4 is 10.1 Å². The third kappa shape index (κ3) is 5.90. The summed E-state index contributed by atoms with van der Waals surface area (Å²) in [6.45, 7) is 3.62. The number of aromatic nitrogens is 4. The summed E-state index contributed by atoms with van der Waals surface area (Å²) in [7, 11) is 0. The van der Waals surface area contributed by atoms with E-state index in [0.29, 0.717) is 39.8 Å². The second kappa shape index (κ2) is 13.3. The van der Waals surface area contributed by atoms with Crippen LogP contribution in [0.2, 0.25) is 10.0 Å². The fourth-order valence-corrected chi connectivity index (χ4v) is 7.69. The van der Waals surface area contributed by atoms with E-state index in [9.17, 15) is 9.59 Å². The van der Waals surface area contributed by atoms with E-state index in [4.69, 9.17) is 32.9 Å². The second-order valence-corrected chi connectivity index (χ2v) is 13.7. The Labute approximate surface area is 299 Å². The highest BCUT2D eigenvalue weighted by molar-refractivity contribution is 6.32. The first-order valence-corrected chi connectivity index (χ1v) is 17.5. The number of carbonyl (C=O) groups excluding carboxylic acids is 2. The molecule has 1 saturated heterocycles. The number of nitrogens with one attached hydrogen (secondary N) is 2. The molecule has 11 heteroatoms. The molecule has 9 nitrogen and oxygen atoms in total. The van der Waals surface area contributed by atoms with E-state index in [-0.39, 0.29) is 17.9 Å². The molecule has 3 aromatic heterocycles. The fourth-order valence-electron chi connectivity index (χ4n) is 7.34. The predicted molar refractivity (Wildman–Crippen MR) is 196 cm³/mol. The van der Waals surface area contributed by atoms with Crippen molar-refractivity contribution < 1.29 is 14.3 Å². The van der Waals surface area contributed by atoms with Crippen LogP contribution in [0, 0.1) is 5.92 Å². The van der Waals surface area contributed by atoms with Gasteiger partial charge < -0.3 is 24.5 Å². The summed E-state index contributed by atoms with van der Waals surface area (Å²) in [5, 5.41) is 5.18. The van der Waals surface area contributed by atoms with Crippen LogP contribution in [-0.4, -0.2) is 55.9 Å². The number of ether oxygens (including phenoxy) is 1. The SMILES string of the molecule is CC(=O)N1CCC(CCOc2ncccc2NC(=O)c2[nH]c3cc(Cl)cc4c3c2-c2c(-c3ccccc3)ncn2[C@@H]4c2ccc(Cl)cc2)CC1. The van der Waals surface area contributed by atoms with Crippen molar-refractivity contribution in [1.29, 1.82) is 0 Å². The van der Waals surface area contributed by atoms with E-state index in [2.05, 4.69) is 19.9 Å². The van der Waals surface area contributed by atoms with Crippen LogP contribution in [0.1, 0.15) is 53.8 Å². The lowest BCUT2D eigenvalue weighted by molar-refractivity contribution is -0.130. The van der Waals surface area contributed by atoms with Crippen LogP contribution >= 0.6 is 23.2 Å². The van der Waals surface area contributed by atoms with Gasteiger partial charge in [-0.15, -0.1) is 0 Å². The Balaban J connectivity index is 1.15. The van der Waals surface area contributed by atoms with Gasteiger partial charge in [-0.2, -0.15) is 0 Å². The Morgan fingerprint density at radius 1 is 0.960 bits per heavy atom. The number of benzene rings is 3. The molecule has 50 heavy (non-hydrogen) atoms. The lowest BCUT2D eigenvalue weighted by atomic mass is 9.88. The normalized spacial score (nSPS) is 15.6. The Morgan fingerprint density at radius 3 is 2.50 bits per heavy atom. The molecule has 0 saturated carbocycles. The molecule has 0 spiro atoms. The minimum Gasteiger partial charge on any atom is -0.476 e. The van der Waals surface area contributed by atoms with Gasteiger partial charge in [0, 0.05) is 58.3 Å². The maximum atomic E-state index is 14.4. The number of aromatic amines is 1. The topological polar surface area (TPSA) is 105 Å². The number of pyridine rings is 1. The van der Waals surface area contributed by atoms with E-state index in [0.717, 1.165) is 76.9 Å². The second-order valence-electron chi connectivity index (χ2n) is 12.9. The van der Waals surface area contributed by atoms with Gasteiger partial charge in [0.05, 0.1) is 30.4 Å². The van der Waals surface area contributed by atoms with Crippen molar-refractivity contribution in [3.63, 3.8) is 0 Å². The number of hydrogen-bond donors (Lipinski definition) is 2. The summed E-state index contributed by atoms with van der Waals surface area (Å²) < 4.78 is 8.26. The third-order valence-corrected chi connectivity index (χ3v) is 10.3. The minimum absolute atomic E-state index is 0.124. The number of nitrogens with zero attached hydrogens (tertiary/aromatic N) is 4. The summed E-state index contributed by atoms with van der Waals surface area (Å²) in [4.78, 5) is 40.8. The van der Waals surface area contributed by atoms with Gasteiger partial charge in [-0.05, 0) is 72.7 Å². The number of imidazole rings is 1. The maximum Gasteiger partial charge on any atom is 0.272 e. The standard InChI is InChI=1S/C39H34Cl2N6O3/c1-23(48)46-17-13-24(14-18-46)15-19-50-39-30(8-5-16-42-39)45-38(49)35-33-32-29(20-28(41)21-31(32)44-35)36(26-9-11-27(40)12-10-26)47-22-43-34(37(33)47)25-6-3-2-4-7-25/h2-12,16,20-22,24,36,44H,13-15,17-19H2,1H3,(H,45,49)/t36-/m1/s1. The van der Waals surface area contributed by atoms with Crippen molar-refractivity contribution in [2.45, 2.75) is 32.2 Å². The molecule has 2 amide bonds. The van der Waals surface area contributed by atoms with E-state index in [1.807, 2.05) is 78.0 Å². The van der Waals surface area contributed by atoms with E-state index >= 15 is 0 Å². The maximum absolute atomic E-state index is 14.4. The summed E-state index contributed by atoms with van der Waals surface area (Å²) in [5.41, 5.74) is 6.82. The van der Waals surface area contributed by atoms with Crippen LogP contribution in [0.25, 0.3) is 33.4 Å². The quantitative estimate of drug-likeness (QED) is 0.165. The summed E-state index contributed by atoms with van der Waals surface area (Å²) in [6.07, 6.45) is 6.22. The number of amides is 2. The number of fused-ring (bicyclic) bond motifs is 2. The Bertz CT molecular complexity index is 2220. The number of H-pyrrole nitrogens is 1. The highest BCUT2D eigenvalue weighted by atomic mass is 35.5. The number of likely N-dealkylation sites (tertiary alicyclic amines) is 1. The molecule has 0 bridgehead atoms. The van der Waals surface area contributed by atoms with Crippen molar-refractivity contribution in [1.82, 2.24) is 24.4 Å². The predicted octanol–water partition coefficient (Wildman–Crippen LogP) is 8.63. The smallest absolute Gasteiger partial charge is 0.272 e. The number of rotatable bonds is 8. The molecular formula is C39H34Cl2N6O3. The average Bonchev–Trinajstić information content (AvgIpc) is 3.73. The monoisotopic (exact) mass is 704 g/mol. The molecule has 0 unspecified atom stereocenters. The molecular weight excluding hydrogens is 671 g/mol. The van der Waals surface area contributed by atoms with Crippen LogP contribution in [0.5, 0.6) is 5.88 Å². The highest BCUT2D eigenvalue weighted by Crippen LogP contribution is 2.50. The number of hydrogen-bond acceptors (Lipinski definition) is 5. The molecule has 1 fully saturated rings. The molecule has 2 N–H and O–H groups in total. The van der Waals surface area contributed by atoms with E-state index in [1.54, 1.807) is 25.3 Å². The van der Waals surface area contributed by atoms with Gasteiger partial charge in [0.1, 0.15) is 11.4 Å². The van der Waals surface area contributed by atoms with Gasteiger partial charge in [-0.3, -0.25) is 9.59 Å². The molecule has 2 aliphatic rings. The van der Waals surface area contributed by atoms with Crippen LogP contribution in [0.4, 0.5) is 5.69 Å². The fraction of sp³-hybridized carbons (Fsp3) is 0.231. The van der Waals surface area contributed by atoms with Gasteiger partial charge >= 0.3 is 0 Å². The van der Waals surface area contributed by atoms with Gasteiger partial charge in [-0.25, -0.2) is 9.97 Å². The van der Waals surface area contributed by atoms with Gasteiger partial charge in [-0.1, -0.05) is 65.7 Å². The number of carbonyl (C=O) groups is 2. The van der Waals surface area contributed by atoms with Gasteiger partial charge in [0.25, 0.3) is 5.91 Å². The summed E-state index contributed by atoms with van der Waals surface area (Å²) in [6, 6.07) is 24.9. The van der Waals surface area contributed by atoms with E-state index < -0.39 is 0 Å². The van der Waals surface area contributed by atoms with Gasteiger partial charge in [0.15, 0.2) is 0 Å². The lowest BCUT2D eigenvalue weighted by Crippen LogP contribution is -2.37. The number of halogens is 2. The molecule has 6 aromatic rings. The molecule has 0 aliphatic carbocycles. The molecule has 0 radical (unpaired) electrons. The largest absolute Gasteiger partial charge is 0.476 e. The Morgan fingerprint density at radius 2 is 1.74 bits per heavy atom. The lowest BCUT2D eigenvalue weighted by Gasteiger charge is -2.31. The molecule has 252 valence electrons. The number of piperidine rings is 1. The zero-order chi connectivity index (χ0) is 34.4. The molecule has 8 rings (SSSR count). The summed E-state index contributed by atoms with van der Waals surface area (Å²) in [5.74, 6) is 0.602. The first kappa shape index (κ1) is 32.1. The summed E-state index contributed by atoms with van der Waals surface area (Å²) >= 11 is 13.0. The zero-order valence-corrected chi connectivity index (χ0v) is 28.8. The van der Waals surface area contributed by atoms with Crippen molar-refractivity contribution >= 4 is 51.6 Å². The zero-order valence-electron chi connectivity index (χ0n) is 27.3. The van der Waals surface area contributed by atoms with Crippen LogP contribution in [0.3, 0.4) is 0 Å². The van der Waals surface area contributed by atoms with E-state index in [1.165, 1.54) is 0 Å². The molecule has 1 atom stereocenters. The van der Waals surface area contributed by atoms with Gasteiger partial charge in [0.2, 0.25) is 11.8 Å². The molecule has 2 aliphatic heterocycles. The Hall–Kier alpha value is -5.12. The number of anilines is 1. The molecule has 5 heterocycles. The van der Waals surface area contributed by atoms with Crippen LogP contribution in [-0.2, 0) is 4.79 Å². The minimum atomic E-state index is -0.343. The van der Waals surface area contributed by atoms with Crippen molar-refractivity contribution in [3.8, 4) is 28.4 Å². The molecule has 3 aromatic carbocycles. The first-order chi connectivity index (χ1) is 24.4. The highest BCUT2D eigenvalue weighted by Gasteiger charge is 2.36. The van der Waals surface area contributed by atoms with Crippen molar-refractivity contribution in [3.05, 3.63) is 118 Å².